The Morgan fingerprint density at radius 1 is 1.40 bits per heavy atom. The molecule has 5 heteroatoms. The van der Waals surface area contributed by atoms with Crippen molar-refractivity contribution in [2.75, 3.05) is 0 Å². The molecule has 1 aromatic carbocycles. The molecule has 0 atom stereocenters. The number of phenols is 1. The van der Waals surface area contributed by atoms with Crippen molar-refractivity contribution in [1.29, 1.82) is 0 Å². The lowest BCUT2D eigenvalue weighted by Gasteiger charge is -2.07. The first kappa shape index (κ1) is 11.4. The third-order valence-electron chi connectivity index (χ3n) is 1.97. The molecule has 0 aliphatic rings. The number of aromatic hydroxyl groups is 1. The first-order chi connectivity index (χ1) is 7.00. The first-order valence-electron chi connectivity index (χ1n) is 4.32. The summed E-state index contributed by atoms with van der Waals surface area (Å²) >= 11 is 0. The number of hydrogen-bond acceptors (Lipinski definition) is 2. The van der Waals surface area contributed by atoms with Gasteiger partial charge in [0.05, 0.1) is 0 Å². The summed E-state index contributed by atoms with van der Waals surface area (Å²) in [6, 6.07) is 3.44. The zero-order valence-corrected chi connectivity index (χ0v) is 7.78. The normalized spacial score (nSPS) is 10.6. The Hall–Kier alpha value is -1.65. The van der Waals surface area contributed by atoms with Crippen molar-refractivity contribution >= 4 is 5.97 Å². The largest absolute Gasteiger partial charge is 0.508 e. The van der Waals surface area contributed by atoms with E-state index in [0.717, 1.165) is 12.1 Å². The molecular formula is C10H10F2O3. The molecule has 0 amide bonds. The number of phenolic OH excluding ortho intramolecular Hbond substituents is 1. The number of rotatable bonds is 4. The van der Waals surface area contributed by atoms with Gasteiger partial charge in [-0.3, -0.25) is 4.79 Å². The number of hydrogen-bond donors (Lipinski definition) is 2. The number of aryl methyl sites for hydroxylation is 1. The van der Waals surface area contributed by atoms with Gasteiger partial charge in [0, 0.05) is 12.0 Å². The molecule has 2 N–H and O–H groups in total. The van der Waals surface area contributed by atoms with Crippen molar-refractivity contribution in [2.45, 2.75) is 19.3 Å². The smallest absolute Gasteiger partial charge is 0.303 e. The van der Waals surface area contributed by atoms with Crippen LogP contribution in [0.15, 0.2) is 18.2 Å². The maximum Gasteiger partial charge on any atom is 0.303 e. The van der Waals surface area contributed by atoms with Gasteiger partial charge in [0.1, 0.15) is 5.75 Å². The number of alkyl halides is 2. The minimum Gasteiger partial charge on any atom is -0.508 e. The lowest BCUT2D eigenvalue weighted by atomic mass is 10.0. The Labute approximate surface area is 85.0 Å². The van der Waals surface area contributed by atoms with Gasteiger partial charge in [-0.05, 0) is 30.2 Å². The Bertz CT molecular complexity index is 364. The van der Waals surface area contributed by atoms with Crippen LogP contribution in [0.1, 0.15) is 24.0 Å². The van der Waals surface area contributed by atoms with Gasteiger partial charge in [0.25, 0.3) is 6.43 Å². The molecule has 0 radical (unpaired) electrons. The quantitative estimate of drug-likeness (QED) is 0.812. The van der Waals surface area contributed by atoms with Crippen LogP contribution in [0, 0.1) is 0 Å². The molecule has 0 fully saturated rings. The topological polar surface area (TPSA) is 57.5 Å². The van der Waals surface area contributed by atoms with Gasteiger partial charge in [-0.2, -0.15) is 0 Å². The van der Waals surface area contributed by atoms with Crippen LogP contribution in [0.2, 0.25) is 0 Å². The molecule has 1 rings (SSSR count). The molecule has 0 aliphatic heterocycles. The van der Waals surface area contributed by atoms with E-state index in [1.54, 1.807) is 0 Å². The van der Waals surface area contributed by atoms with Gasteiger partial charge in [-0.25, -0.2) is 8.78 Å². The molecular weight excluding hydrogens is 206 g/mol. The highest BCUT2D eigenvalue weighted by Crippen LogP contribution is 2.26. The number of carbonyl (C=O) groups is 1. The molecule has 0 unspecified atom stereocenters. The minimum atomic E-state index is -2.66. The average molecular weight is 216 g/mol. The summed E-state index contributed by atoms with van der Waals surface area (Å²) in [6.45, 7) is 0. The van der Waals surface area contributed by atoms with E-state index in [1.807, 2.05) is 0 Å². The average Bonchev–Trinajstić information content (AvgIpc) is 2.14. The Balaban J connectivity index is 2.91. The van der Waals surface area contributed by atoms with E-state index in [-0.39, 0.29) is 29.7 Å². The van der Waals surface area contributed by atoms with Crippen LogP contribution in [0.4, 0.5) is 8.78 Å². The molecule has 0 heterocycles. The van der Waals surface area contributed by atoms with E-state index in [0.29, 0.717) is 0 Å². The molecule has 0 saturated heterocycles. The Morgan fingerprint density at radius 3 is 2.60 bits per heavy atom. The molecule has 0 aliphatic carbocycles. The fourth-order valence-electron chi connectivity index (χ4n) is 1.26. The van der Waals surface area contributed by atoms with Gasteiger partial charge in [-0.1, -0.05) is 0 Å². The van der Waals surface area contributed by atoms with Gasteiger partial charge < -0.3 is 10.2 Å². The monoisotopic (exact) mass is 216 g/mol. The summed E-state index contributed by atoms with van der Waals surface area (Å²) in [5, 5.41) is 17.5. The Kier molecular flexibility index (Phi) is 3.60. The Morgan fingerprint density at radius 2 is 2.07 bits per heavy atom. The first-order valence-corrected chi connectivity index (χ1v) is 4.32. The highest BCUT2D eigenvalue weighted by Gasteiger charge is 2.13. The van der Waals surface area contributed by atoms with Crippen LogP contribution >= 0.6 is 0 Å². The molecule has 0 spiro atoms. The van der Waals surface area contributed by atoms with Crippen LogP contribution in [0.5, 0.6) is 5.75 Å². The predicted molar refractivity (Wildman–Crippen MR) is 49.0 cm³/mol. The second-order valence-corrected chi connectivity index (χ2v) is 3.08. The zero-order chi connectivity index (χ0) is 11.4. The van der Waals surface area contributed by atoms with Crippen molar-refractivity contribution in [1.82, 2.24) is 0 Å². The lowest BCUT2D eigenvalue weighted by Crippen LogP contribution is -2.00. The van der Waals surface area contributed by atoms with Crippen LogP contribution < -0.4 is 0 Å². The van der Waals surface area contributed by atoms with E-state index in [2.05, 4.69) is 0 Å². The fourth-order valence-corrected chi connectivity index (χ4v) is 1.26. The molecule has 0 saturated carbocycles. The summed E-state index contributed by atoms with van der Waals surface area (Å²) in [7, 11) is 0. The highest BCUT2D eigenvalue weighted by atomic mass is 19.3. The summed E-state index contributed by atoms with van der Waals surface area (Å²) in [6.07, 6.45) is -2.90. The van der Waals surface area contributed by atoms with Gasteiger partial charge in [0.2, 0.25) is 0 Å². The number of carboxylic acids is 1. The summed E-state index contributed by atoms with van der Waals surface area (Å²) in [5.74, 6) is -1.20. The molecule has 0 aromatic heterocycles. The van der Waals surface area contributed by atoms with Crippen LogP contribution in [-0.2, 0) is 11.2 Å². The van der Waals surface area contributed by atoms with Crippen molar-refractivity contribution < 1.29 is 23.8 Å². The van der Waals surface area contributed by atoms with E-state index in [1.165, 1.54) is 6.07 Å². The summed E-state index contributed by atoms with van der Waals surface area (Å²) in [4.78, 5) is 10.3. The van der Waals surface area contributed by atoms with E-state index in [9.17, 15) is 13.6 Å². The second kappa shape index (κ2) is 4.72. The van der Waals surface area contributed by atoms with Gasteiger partial charge >= 0.3 is 5.97 Å². The molecule has 15 heavy (non-hydrogen) atoms. The fraction of sp³-hybridized carbons (Fsp3) is 0.300. The lowest BCUT2D eigenvalue weighted by molar-refractivity contribution is -0.136. The summed E-state index contributed by atoms with van der Waals surface area (Å²) in [5.41, 5.74) is -0.0542. The standard InChI is InChI=1S/C10H10F2O3/c11-10(12)8-3-2-7(13)5-6(8)1-4-9(14)15/h2-3,5,10,13H,1,4H2,(H,14,15). The van der Waals surface area contributed by atoms with Crippen molar-refractivity contribution in [2.24, 2.45) is 0 Å². The molecule has 82 valence electrons. The third-order valence-corrected chi connectivity index (χ3v) is 1.97. The number of benzene rings is 1. The van der Waals surface area contributed by atoms with Crippen LogP contribution in [0.3, 0.4) is 0 Å². The van der Waals surface area contributed by atoms with Crippen molar-refractivity contribution in [3.05, 3.63) is 29.3 Å². The number of halogens is 2. The van der Waals surface area contributed by atoms with Crippen molar-refractivity contribution in [3.63, 3.8) is 0 Å². The highest BCUT2D eigenvalue weighted by molar-refractivity contribution is 5.67. The maximum atomic E-state index is 12.5. The molecule has 3 nitrogen and oxygen atoms in total. The number of aliphatic carboxylic acids is 1. The van der Waals surface area contributed by atoms with Crippen LogP contribution in [-0.4, -0.2) is 16.2 Å². The van der Waals surface area contributed by atoms with E-state index < -0.39 is 12.4 Å². The maximum absolute atomic E-state index is 12.5. The molecule has 0 bridgehead atoms. The van der Waals surface area contributed by atoms with Crippen LogP contribution in [0.25, 0.3) is 0 Å². The molecule has 1 aromatic rings. The van der Waals surface area contributed by atoms with E-state index in [4.69, 9.17) is 10.2 Å². The SMILES string of the molecule is O=C(O)CCc1cc(O)ccc1C(F)F. The van der Waals surface area contributed by atoms with Gasteiger partial charge in [-0.15, -0.1) is 0 Å². The van der Waals surface area contributed by atoms with Gasteiger partial charge in [0.15, 0.2) is 0 Å². The second-order valence-electron chi connectivity index (χ2n) is 3.08. The van der Waals surface area contributed by atoms with E-state index >= 15 is 0 Å². The number of carboxylic acid groups (broad SMARTS) is 1. The minimum absolute atomic E-state index is 0.0105. The third kappa shape index (κ3) is 3.19. The summed E-state index contributed by atoms with van der Waals surface area (Å²) < 4.78 is 24.9. The van der Waals surface area contributed by atoms with Crippen molar-refractivity contribution in [3.8, 4) is 5.75 Å². The predicted octanol–water partition coefficient (Wildman–Crippen LogP) is 2.35. The zero-order valence-electron chi connectivity index (χ0n) is 7.78.